The number of halogens is 1. The monoisotopic (exact) mass is 267 g/mol. The largest absolute Gasteiger partial charge is 0.488 e. The third-order valence-electron chi connectivity index (χ3n) is 3.74. The van der Waals surface area contributed by atoms with Gasteiger partial charge in [-0.2, -0.15) is 0 Å². The maximum absolute atomic E-state index is 5.99. The standard InChI is InChI=1S/C14H18ClNO2/c1-14(4-5-17-9-14)16-8-12-7-10-6-11(15)2-3-13(10)18-12/h2-3,6,12,16H,4-5,7-9H2,1H3. The second kappa shape index (κ2) is 4.72. The number of fused-ring (bicyclic) bond motifs is 1. The third kappa shape index (κ3) is 2.48. The lowest BCUT2D eigenvalue weighted by atomic mass is 10.0. The molecule has 1 aromatic carbocycles. The minimum absolute atomic E-state index is 0.107. The first-order valence-electron chi connectivity index (χ1n) is 6.42. The predicted molar refractivity (Wildman–Crippen MR) is 71.4 cm³/mol. The molecule has 0 bridgehead atoms. The lowest BCUT2D eigenvalue weighted by Crippen LogP contribution is -2.47. The highest BCUT2D eigenvalue weighted by atomic mass is 35.5. The summed E-state index contributed by atoms with van der Waals surface area (Å²) in [5.41, 5.74) is 1.32. The molecule has 0 amide bonds. The molecule has 0 radical (unpaired) electrons. The summed E-state index contributed by atoms with van der Waals surface area (Å²) in [7, 11) is 0. The molecule has 1 fully saturated rings. The number of hydrogen-bond acceptors (Lipinski definition) is 3. The van der Waals surface area contributed by atoms with Crippen molar-refractivity contribution in [3.8, 4) is 5.75 Å². The molecular weight excluding hydrogens is 250 g/mol. The average Bonchev–Trinajstić information content (AvgIpc) is 2.93. The van der Waals surface area contributed by atoms with Crippen LogP contribution in [0.1, 0.15) is 18.9 Å². The Bertz CT molecular complexity index is 443. The number of rotatable bonds is 3. The topological polar surface area (TPSA) is 30.5 Å². The zero-order chi connectivity index (χ0) is 12.6. The Morgan fingerprint density at radius 2 is 2.39 bits per heavy atom. The van der Waals surface area contributed by atoms with Gasteiger partial charge in [-0.3, -0.25) is 0 Å². The van der Waals surface area contributed by atoms with Crippen molar-refractivity contribution < 1.29 is 9.47 Å². The minimum atomic E-state index is 0.107. The molecule has 18 heavy (non-hydrogen) atoms. The van der Waals surface area contributed by atoms with E-state index in [0.717, 1.165) is 43.4 Å². The van der Waals surface area contributed by atoms with E-state index in [1.807, 2.05) is 18.2 Å². The Balaban J connectivity index is 1.58. The highest BCUT2D eigenvalue weighted by molar-refractivity contribution is 6.30. The van der Waals surface area contributed by atoms with Gasteiger partial charge in [-0.05, 0) is 37.1 Å². The molecule has 0 saturated carbocycles. The smallest absolute Gasteiger partial charge is 0.123 e. The first kappa shape index (κ1) is 12.3. The summed E-state index contributed by atoms with van der Waals surface area (Å²) < 4.78 is 11.3. The molecule has 0 aliphatic carbocycles. The maximum atomic E-state index is 5.99. The average molecular weight is 268 g/mol. The molecule has 2 aliphatic heterocycles. The molecule has 0 spiro atoms. The van der Waals surface area contributed by atoms with Gasteiger partial charge >= 0.3 is 0 Å². The van der Waals surface area contributed by atoms with Gasteiger partial charge in [-0.15, -0.1) is 0 Å². The summed E-state index contributed by atoms with van der Waals surface area (Å²) >= 11 is 5.99. The van der Waals surface area contributed by atoms with Crippen LogP contribution in [0.25, 0.3) is 0 Å². The highest BCUT2D eigenvalue weighted by Gasteiger charge is 2.31. The fourth-order valence-corrected chi connectivity index (χ4v) is 2.76. The molecule has 2 heterocycles. The Morgan fingerprint density at radius 1 is 1.50 bits per heavy atom. The zero-order valence-corrected chi connectivity index (χ0v) is 11.3. The normalized spacial score (nSPS) is 30.2. The summed E-state index contributed by atoms with van der Waals surface area (Å²) in [6, 6.07) is 5.83. The Morgan fingerprint density at radius 3 is 3.17 bits per heavy atom. The van der Waals surface area contributed by atoms with Crippen molar-refractivity contribution >= 4 is 11.6 Å². The Hall–Kier alpha value is -0.770. The number of hydrogen-bond donors (Lipinski definition) is 1. The fraction of sp³-hybridized carbons (Fsp3) is 0.571. The van der Waals surface area contributed by atoms with Crippen LogP contribution in [0, 0.1) is 0 Å². The number of nitrogens with one attached hydrogen (secondary N) is 1. The highest BCUT2D eigenvalue weighted by Crippen LogP contribution is 2.31. The van der Waals surface area contributed by atoms with Crippen LogP contribution in [0.4, 0.5) is 0 Å². The second-order valence-corrected chi connectivity index (χ2v) is 5.88. The van der Waals surface area contributed by atoms with Gasteiger partial charge in [0.15, 0.2) is 0 Å². The van der Waals surface area contributed by atoms with Crippen LogP contribution in [0.15, 0.2) is 18.2 Å². The molecular formula is C14H18ClNO2. The zero-order valence-electron chi connectivity index (χ0n) is 10.5. The van der Waals surface area contributed by atoms with Gasteiger partial charge in [0, 0.05) is 30.1 Å². The molecule has 4 heteroatoms. The van der Waals surface area contributed by atoms with Gasteiger partial charge in [0.2, 0.25) is 0 Å². The molecule has 98 valence electrons. The molecule has 1 saturated heterocycles. The van der Waals surface area contributed by atoms with Crippen LogP contribution in [0.3, 0.4) is 0 Å². The Labute approximate surface area is 112 Å². The molecule has 2 aliphatic rings. The molecule has 2 unspecified atom stereocenters. The lowest BCUT2D eigenvalue weighted by Gasteiger charge is -2.25. The summed E-state index contributed by atoms with van der Waals surface area (Å²) in [6.07, 6.45) is 2.20. The van der Waals surface area contributed by atoms with Crippen molar-refractivity contribution in [2.24, 2.45) is 0 Å². The summed E-state index contributed by atoms with van der Waals surface area (Å²) in [6.45, 7) is 4.70. The van der Waals surface area contributed by atoms with Crippen LogP contribution >= 0.6 is 11.6 Å². The second-order valence-electron chi connectivity index (χ2n) is 5.44. The van der Waals surface area contributed by atoms with E-state index in [1.54, 1.807) is 0 Å². The van der Waals surface area contributed by atoms with Gasteiger partial charge in [0.05, 0.1) is 6.61 Å². The molecule has 0 aromatic heterocycles. The van der Waals surface area contributed by atoms with Crippen LogP contribution < -0.4 is 10.1 Å². The van der Waals surface area contributed by atoms with E-state index in [4.69, 9.17) is 21.1 Å². The van der Waals surface area contributed by atoms with Gasteiger partial charge < -0.3 is 14.8 Å². The van der Waals surface area contributed by atoms with Crippen LogP contribution in [-0.4, -0.2) is 31.4 Å². The molecule has 2 atom stereocenters. The van der Waals surface area contributed by atoms with E-state index in [0.29, 0.717) is 0 Å². The van der Waals surface area contributed by atoms with Crippen LogP contribution in [-0.2, 0) is 11.2 Å². The Kier molecular flexibility index (Phi) is 3.22. The quantitative estimate of drug-likeness (QED) is 0.912. The van der Waals surface area contributed by atoms with Gasteiger partial charge in [0.25, 0.3) is 0 Å². The van der Waals surface area contributed by atoms with Gasteiger partial charge in [-0.1, -0.05) is 11.6 Å². The van der Waals surface area contributed by atoms with E-state index in [1.165, 1.54) is 5.56 Å². The van der Waals surface area contributed by atoms with Crippen LogP contribution in [0.5, 0.6) is 5.75 Å². The van der Waals surface area contributed by atoms with Crippen molar-refractivity contribution in [3.63, 3.8) is 0 Å². The summed E-state index contributed by atoms with van der Waals surface area (Å²) in [5.74, 6) is 0.971. The van der Waals surface area contributed by atoms with E-state index >= 15 is 0 Å². The van der Waals surface area contributed by atoms with Gasteiger partial charge in [-0.25, -0.2) is 0 Å². The van der Waals surface area contributed by atoms with Crippen molar-refractivity contribution in [1.29, 1.82) is 0 Å². The summed E-state index contributed by atoms with van der Waals surface area (Å²) in [5, 5.41) is 4.35. The molecule has 3 rings (SSSR count). The maximum Gasteiger partial charge on any atom is 0.123 e. The van der Waals surface area contributed by atoms with E-state index in [2.05, 4.69) is 12.2 Å². The SMILES string of the molecule is CC1(NCC2Cc3cc(Cl)ccc3O2)CCOC1. The number of benzene rings is 1. The van der Waals surface area contributed by atoms with Crippen molar-refractivity contribution in [1.82, 2.24) is 5.32 Å². The van der Waals surface area contributed by atoms with E-state index in [-0.39, 0.29) is 11.6 Å². The number of ether oxygens (including phenoxy) is 2. The first-order valence-corrected chi connectivity index (χ1v) is 6.80. The molecule has 1 aromatic rings. The third-order valence-corrected chi connectivity index (χ3v) is 3.97. The first-order chi connectivity index (χ1) is 8.65. The minimum Gasteiger partial charge on any atom is -0.488 e. The van der Waals surface area contributed by atoms with Crippen LogP contribution in [0.2, 0.25) is 5.02 Å². The summed E-state index contributed by atoms with van der Waals surface area (Å²) in [4.78, 5) is 0. The van der Waals surface area contributed by atoms with E-state index < -0.39 is 0 Å². The molecule has 1 N–H and O–H groups in total. The van der Waals surface area contributed by atoms with Crippen molar-refractivity contribution in [3.05, 3.63) is 28.8 Å². The lowest BCUT2D eigenvalue weighted by molar-refractivity contribution is 0.160. The fourth-order valence-electron chi connectivity index (χ4n) is 2.57. The van der Waals surface area contributed by atoms with Crippen molar-refractivity contribution in [2.75, 3.05) is 19.8 Å². The van der Waals surface area contributed by atoms with E-state index in [9.17, 15) is 0 Å². The van der Waals surface area contributed by atoms with Gasteiger partial charge in [0.1, 0.15) is 11.9 Å². The van der Waals surface area contributed by atoms with Crippen molar-refractivity contribution in [2.45, 2.75) is 31.4 Å². The molecule has 3 nitrogen and oxygen atoms in total. The predicted octanol–water partition coefficient (Wildman–Crippen LogP) is 2.41.